The van der Waals surface area contributed by atoms with Gasteiger partial charge in [-0.05, 0) is 18.2 Å². The van der Waals surface area contributed by atoms with Crippen LogP contribution in [0.1, 0.15) is 0 Å². The average molecular weight is 295 g/mol. The predicted octanol–water partition coefficient (Wildman–Crippen LogP) is 2.42. The summed E-state index contributed by atoms with van der Waals surface area (Å²) < 4.78 is 5.23. The number of phenolic OH excluding ortho intramolecular Hbond substituents is 4. The van der Waals surface area contributed by atoms with Crippen LogP contribution in [0.5, 0.6) is 23.0 Å². The molecule has 0 aliphatic rings. The molecule has 0 atom stereocenters. The Labute approximate surface area is 115 Å². The van der Waals surface area contributed by atoms with Crippen LogP contribution in [0.3, 0.4) is 0 Å². The van der Waals surface area contributed by atoms with Crippen LogP contribution in [-0.4, -0.2) is 20.4 Å². The van der Waals surface area contributed by atoms with E-state index >= 15 is 0 Å². The predicted molar refractivity (Wildman–Crippen MR) is 71.7 cm³/mol. The third-order valence-electron chi connectivity index (χ3n) is 2.98. The van der Waals surface area contributed by atoms with Crippen molar-refractivity contribution in [1.29, 1.82) is 0 Å². The zero-order valence-corrected chi connectivity index (χ0v) is 10.5. The van der Waals surface area contributed by atoms with E-state index in [9.17, 15) is 25.2 Å². The Kier molecular flexibility index (Phi) is 2.45. The Hall–Kier alpha value is -2.60. The molecule has 7 heteroatoms. The zero-order valence-electron chi connectivity index (χ0n) is 9.72. The van der Waals surface area contributed by atoms with Crippen molar-refractivity contribution in [2.24, 2.45) is 0 Å². The van der Waals surface area contributed by atoms with Gasteiger partial charge in [0.2, 0.25) is 16.9 Å². The maximum absolute atomic E-state index is 12.3. The third kappa shape index (κ3) is 1.48. The quantitative estimate of drug-likeness (QED) is 0.374. The number of rotatable bonds is 0. The minimum Gasteiger partial charge on any atom is -0.504 e. The van der Waals surface area contributed by atoms with Crippen molar-refractivity contribution >= 4 is 33.5 Å². The molecule has 0 saturated carbocycles. The smallest absolute Gasteiger partial charge is 0.203 e. The minimum absolute atomic E-state index is 0.00829. The van der Waals surface area contributed by atoms with E-state index < -0.39 is 28.4 Å². The first-order chi connectivity index (χ1) is 9.41. The summed E-state index contributed by atoms with van der Waals surface area (Å²) in [5.41, 5.74) is -1.18. The van der Waals surface area contributed by atoms with Crippen molar-refractivity contribution in [3.05, 3.63) is 33.4 Å². The molecule has 20 heavy (non-hydrogen) atoms. The molecule has 0 spiro atoms. The largest absolute Gasteiger partial charge is 0.504 e. The number of benzene rings is 2. The van der Waals surface area contributed by atoms with Crippen LogP contribution in [0.4, 0.5) is 0 Å². The molecule has 0 bridgehead atoms. The van der Waals surface area contributed by atoms with Gasteiger partial charge in [-0.25, -0.2) is 0 Å². The molecule has 4 N–H and O–H groups in total. The van der Waals surface area contributed by atoms with Crippen LogP contribution in [0.15, 0.2) is 27.4 Å². The monoisotopic (exact) mass is 294 g/mol. The van der Waals surface area contributed by atoms with Gasteiger partial charge in [-0.1, -0.05) is 11.6 Å². The Morgan fingerprint density at radius 3 is 2.25 bits per heavy atom. The molecule has 0 amide bonds. The number of fused-ring (bicyclic) bond motifs is 2. The molecule has 0 aliphatic heterocycles. The van der Waals surface area contributed by atoms with Crippen LogP contribution in [-0.2, 0) is 0 Å². The average Bonchev–Trinajstić information content (AvgIpc) is 2.42. The molecule has 0 aliphatic carbocycles. The maximum atomic E-state index is 12.3. The van der Waals surface area contributed by atoms with Gasteiger partial charge in [-0.3, -0.25) is 4.79 Å². The molecular formula is C13H7ClO6. The Morgan fingerprint density at radius 1 is 0.900 bits per heavy atom. The third-order valence-corrected chi connectivity index (χ3v) is 3.27. The lowest BCUT2D eigenvalue weighted by Gasteiger charge is -2.07. The van der Waals surface area contributed by atoms with Crippen LogP contribution in [0.25, 0.3) is 21.9 Å². The zero-order chi connectivity index (χ0) is 14.6. The lowest BCUT2D eigenvalue weighted by Crippen LogP contribution is -2.02. The number of hydrogen-bond acceptors (Lipinski definition) is 6. The SMILES string of the molecule is O=c1c2ccc(O)c(O)c2oc2c(O)c(O)c(Cl)cc12. The highest BCUT2D eigenvalue weighted by Gasteiger charge is 2.19. The van der Waals surface area contributed by atoms with E-state index in [1.165, 1.54) is 6.07 Å². The van der Waals surface area contributed by atoms with Crippen molar-refractivity contribution in [3.8, 4) is 23.0 Å². The van der Waals surface area contributed by atoms with Crippen molar-refractivity contribution in [2.75, 3.05) is 0 Å². The van der Waals surface area contributed by atoms with Gasteiger partial charge in [0, 0.05) is 0 Å². The molecule has 102 valence electrons. The van der Waals surface area contributed by atoms with Crippen molar-refractivity contribution < 1.29 is 24.8 Å². The summed E-state index contributed by atoms with van der Waals surface area (Å²) in [7, 11) is 0. The Balaban J connectivity index is 2.65. The molecule has 1 aromatic heterocycles. The number of phenols is 4. The first kappa shape index (κ1) is 12.4. The molecule has 3 aromatic rings. The van der Waals surface area contributed by atoms with Gasteiger partial charge in [0.05, 0.1) is 15.8 Å². The lowest BCUT2D eigenvalue weighted by molar-refractivity contribution is 0.394. The van der Waals surface area contributed by atoms with Gasteiger partial charge in [-0.2, -0.15) is 0 Å². The van der Waals surface area contributed by atoms with Crippen LogP contribution < -0.4 is 5.43 Å². The van der Waals surface area contributed by atoms with E-state index in [1.807, 2.05) is 0 Å². The van der Waals surface area contributed by atoms with E-state index in [2.05, 4.69) is 0 Å². The molecule has 3 rings (SSSR count). The molecule has 6 nitrogen and oxygen atoms in total. The maximum Gasteiger partial charge on any atom is 0.203 e. The van der Waals surface area contributed by atoms with E-state index in [0.717, 1.165) is 12.1 Å². The second kappa shape index (κ2) is 3.94. The van der Waals surface area contributed by atoms with Crippen molar-refractivity contribution in [3.63, 3.8) is 0 Å². The second-order valence-corrected chi connectivity index (χ2v) is 4.58. The van der Waals surface area contributed by atoms with Crippen LogP contribution >= 0.6 is 11.6 Å². The molecule has 2 aromatic carbocycles. The van der Waals surface area contributed by atoms with Crippen molar-refractivity contribution in [1.82, 2.24) is 0 Å². The fourth-order valence-electron chi connectivity index (χ4n) is 1.97. The minimum atomic E-state index is -0.714. The standard InChI is InChI=1S/C13H7ClO6/c14-6-3-5-8(16)4-1-2-7(15)10(18)12(4)20-13(5)11(19)9(6)17/h1-3,15,17-19H. The fraction of sp³-hybridized carbons (Fsp3) is 0. The molecule has 0 unspecified atom stereocenters. The Bertz CT molecular complexity index is 928. The second-order valence-electron chi connectivity index (χ2n) is 4.17. The number of hydrogen-bond donors (Lipinski definition) is 4. The van der Waals surface area contributed by atoms with Gasteiger partial charge in [0.15, 0.2) is 22.7 Å². The van der Waals surface area contributed by atoms with Gasteiger partial charge >= 0.3 is 0 Å². The fourth-order valence-corrected chi connectivity index (χ4v) is 2.17. The highest BCUT2D eigenvalue weighted by molar-refractivity contribution is 6.33. The number of aromatic hydroxyl groups is 4. The van der Waals surface area contributed by atoms with E-state index in [0.29, 0.717) is 0 Å². The normalized spacial score (nSPS) is 11.2. The highest BCUT2D eigenvalue weighted by Crippen LogP contribution is 2.41. The molecule has 0 fully saturated rings. The van der Waals surface area contributed by atoms with Gasteiger partial charge in [-0.15, -0.1) is 0 Å². The highest BCUT2D eigenvalue weighted by atomic mass is 35.5. The van der Waals surface area contributed by atoms with E-state index in [1.54, 1.807) is 0 Å². The summed E-state index contributed by atoms with van der Waals surface area (Å²) in [5, 5.41) is 38.2. The Morgan fingerprint density at radius 2 is 1.55 bits per heavy atom. The van der Waals surface area contributed by atoms with Gasteiger partial charge in [0.25, 0.3) is 0 Å². The van der Waals surface area contributed by atoms with Crippen molar-refractivity contribution in [2.45, 2.75) is 0 Å². The first-order valence-electron chi connectivity index (χ1n) is 5.43. The molecule has 0 saturated heterocycles. The van der Waals surface area contributed by atoms with E-state index in [4.69, 9.17) is 16.0 Å². The molecule has 1 heterocycles. The lowest BCUT2D eigenvalue weighted by atomic mass is 10.1. The van der Waals surface area contributed by atoms with Gasteiger partial charge in [0.1, 0.15) is 0 Å². The van der Waals surface area contributed by atoms with Crippen LogP contribution in [0.2, 0.25) is 5.02 Å². The summed E-state index contributed by atoms with van der Waals surface area (Å²) in [5.74, 6) is -2.46. The summed E-state index contributed by atoms with van der Waals surface area (Å²) in [4.78, 5) is 12.3. The summed E-state index contributed by atoms with van der Waals surface area (Å²) in [6.07, 6.45) is 0. The van der Waals surface area contributed by atoms with Crippen LogP contribution in [0, 0.1) is 0 Å². The van der Waals surface area contributed by atoms with Gasteiger partial charge < -0.3 is 24.8 Å². The molecular weight excluding hydrogens is 288 g/mol. The number of halogens is 1. The topological polar surface area (TPSA) is 111 Å². The van der Waals surface area contributed by atoms with E-state index in [-0.39, 0.29) is 27.0 Å². The first-order valence-corrected chi connectivity index (χ1v) is 5.81. The summed E-state index contributed by atoms with van der Waals surface area (Å²) in [6, 6.07) is 3.57. The summed E-state index contributed by atoms with van der Waals surface area (Å²) in [6.45, 7) is 0. The summed E-state index contributed by atoms with van der Waals surface area (Å²) >= 11 is 5.69. The molecule has 0 radical (unpaired) electrons.